The van der Waals surface area contributed by atoms with Gasteiger partial charge in [-0.25, -0.2) is 14.8 Å². The second-order valence-corrected chi connectivity index (χ2v) is 6.58. The fraction of sp³-hybridized carbons (Fsp3) is 0.533. The molecular weight excluding hydrogens is 344 g/mol. The molecule has 0 radical (unpaired) electrons. The summed E-state index contributed by atoms with van der Waals surface area (Å²) in [6.45, 7) is 7.81. The van der Waals surface area contributed by atoms with Gasteiger partial charge in [-0.05, 0) is 19.8 Å². The minimum Gasteiger partial charge on any atom is -0.466 e. The van der Waals surface area contributed by atoms with Gasteiger partial charge in [0.15, 0.2) is 11.0 Å². The van der Waals surface area contributed by atoms with Crippen LogP contribution in [0.1, 0.15) is 44.2 Å². The van der Waals surface area contributed by atoms with Crippen LogP contribution >= 0.6 is 11.3 Å². The predicted molar refractivity (Wildman–Crippen MR) is 93.3 cm³/mol. The first kappa shape index (κ1) is 18.8. The molecule has 136 valence electrons. The summed E-state index contributed by atoms with van der Waals surface area (Å²) in [6.07, 6.45) is 0.0821. The molecule has 0 bridgehead atoms. The SMILES string of the molecule is CCOC(=O)Cc1csc(NC(=O)N[C@@H](c2n[nH]c(C)n2)C(C)C)n1. The number of aromatic amines is 1. The minimum atomic E-state index is -0.404. The number of nitrogens with one attached hydrogen (secondary N) is 3. The zero-order chi connectivity index (χ0) is 18.4. The second kappa shape index (κ2) is 8.56. The summed E-state index contributed by atoms with van der Waals surface area (Å²) in [6, 6.07) is -0.734. The summed E-state index contributed by atoms with van der Waals surface area (Å²) in [7, 11) is 0. The summed E-state index contributed by atoms with van der Waals surface area (Å²) in [5, 5.41) is 14.5. The van der Waals surface area contributed by atoms with E-state index in [0.29, 0.717) is 29.1 Å². The van der Waals surface area contributed by atoms with Crippen LogP contribution in [0.4, 0.5) is 9.93 Å². The fourth-order valence-electron chi connectivity index (χ4n) is 2.11. The molecule has 25 heavy (non-hydrogen) atoms. The maximum atomic E-state index is 12.2. The van der Waals surface area contributed by atoms with Crippen molar-refractivity contribution in [1.29, 1.82) is 0 Å². The van der Waals surface area contributed by atoms with Gasteiger partial charge >= 0.3 is 12.0 Å². The molecule has 2 amide bonds. The van der Waals surface area contributed by atoms with Crippen LogP contribution < -0.4 is 10.6 Å². The van der Waals surface area contributed by atoms with Crippen molar-refractivity contribution in [2.45, 2.75) is 40.2 Å². The van der Waals surface area contributed by atoms with E-state index in [1.807, 2.05) is 13.8 Å². The van der Waals surface area contributed by atoms with Gasteiger partial charge in [0.1, 0.15) is 5.82 Å². The number of anilines is 1. The quantitative estimate of drug-likeness (QED) is 0.646. The maximum Gasteiger partial charge on any atom is 0.321 e. The molecular formula is C15H22N6O3S. The molecule has 0 aliphatic rings. The molecule has 0 unspecified atom stereocenters. The molecule has 0 saturated heterocycles. The predicted octanol–water partition coefficient (Wildman–Crippen LogP) is 2.19. The van der Waals surface area contributed by atoms with Crippen molar-refractivity contribution in [2.75, 3.05) is 11.9 Å². The number of esters is 1. The third kappa shape index (κ3) is 5.52. The number of nitrogens with zero attached hydrogens (tertiary/aromatic N) is 3. The molecule has 1 atom stereocenters. The van der Waals surface area contributed by atoms with Crippen LogP contribution in [0.5, 0.6) is 0 Å². The Balaban J connectivity index is 1.95. The van der Waals surface area contributed by atoms with Gasteiger partial charge in [-0.1, -0.05) is 13.8 Å². The molecule has 0 spiro atoms. The standard InChI is InChI=1S/C15H22N6O3S/c1-5-24-11(22)6-10-7-25-15(17-10)19-14(23)18-12(8(2)3)13-16-9(4)20-21-13/h7-8,12H,5-6H2,1-4H3,(H,16,20,21)(H2,17,18,19,23)/t12-/m1/s1. The van der Waals surface area contributed by atoms with E-state index < -0.39 is 6.03 Å². The number of carbonyl (C=O) groups is 2. The highest BCUT2D eigenvalue weighted by Gasteiger charge is 2.22. The number of aryl methyl sites for hydroxylation is 1. The Bertz CT molecular complexity index is 726. The minimum absolute atomic E-state index is 0.0821. The van der Waals surface area contributed by atoms with Crippen molar-refractivity contribution in [3.63, 3.8) is 0 Å². The van der Waals surface area contributed by atoms with E-state index in [9.17, 15) is 9.59 Å². The lowest BCUT2D eigenvalue weighted by atomic mass is 10.0. The van der Waals surface area contributed by atoms with Crippen LogP contribution in [0.15, 0.2) is 5.38 Å². The highest BCUT2D eigenvalue weighted by Crippen LogP contribution is 2.20. The Morgan fingerprint density at radius 3 is 2.72 bits per heavy atom. The molecule has 0 aliphatic heterocycles. The van der Waals surface area contributed by atoms with Gasteiger partial charge in [-0.2, -0.15) is 5.10 Å². The smallest absolute Gasteiger partial charge is 0.321 e. The molecule has 0 aliphatic carbocycles. The number of hydrogen-bond acceptors (Lipinski definition) is 7. The van der Waals surface area contributed by atoms with E-state index in [0.717, 1.165) is 0 Å². The van der Waals surface area contributed by atoms with Gasteiger partial charge in [0, 0.05) is 5.38 Å². The molecule has 0 saturated carbocycles. The molecule has 9 nitrogen and oxygen atoms in total. The second-order valence-electron chi connectivity index (χ2n) is 5.72. The summed E-state index contributed by atoms with van der Waals surface area (Å²) >= 11 is 1.25. The number of H-pyrrole nitrogens is 1. The topological polar surface area (TPSA) is 122 Å². The lowest BCUT2D eigenvalue weighted by Crippen LogP contribution is -2.35. The Hall–Kier alpha value is -2.49. The lowest BCUT2D eigenvalue weighted by Gasteiger charge is -2.19. The first-order chi connectivity index (χ1) is 11.9. The normalized spacial score (nSPS) is 12.0. The Morgan fingerprint density at radius 1 is 1.36 bits per heavy atom. The van der Waals surface area contributed by atoms with Crippen molar-refractivity contribution >= 4 is 28.5 Å². The monoisotopic (exact) mass is 366 g/mol. The van der Waals surface area contributed by atoms with Gasteiger partial charge in [0.05, 0.1) is 24.8 Å². The van der Waals surface area contributed by atoms with Crippen LogP contribution in [0, 0.1) is 12.8 Å². The molecule has 2 rings (SSSR count). The molecule has 3 N–H and O–H groups in total. The van der Waals surface area contributed by atoms with E-state index in [1.54, 1.807) is 19.2 Å². The molecule has 0 fully saturated rings. The molecule has 2 aromatic heterocycles. The Labute approximate surface area is 149 Å². The largest absolute Gasteiger partial charge is 0.466 e. The Kier molecular flexibility index (Phi) is 6.45. The maximum absolute atomic E-state index is 12.2. The van der Waals surface area contributed by atoms with Gasteiger partial charge in [0.25, 0.3) is 0 Å². The molecule has 2 aromatic rings. The highest BCUT2D eigenvalue weighted by atomic mass is 32.1. The third-order valence-corrected chi connectivity index (χ3v) is 4.06. The Morgan fingerprint density at radius 2 is 2.12 bits per heavy atom. The van der Waals surface area contributed by atoms with E-state index in [-0.39, 0.29) is 24.3 Å². The van der Waals surface area contributed by atoms with Crippen molar-refractivity contribution < 1.29 is 14.3 Å². The fourth-order valence-corrected chi connectivity index (χ4v) is 2.81. The summed E-state index contributed by atoms with van der Waals surface area (Å²) in [5.41, 5.74) is 0.559. The van der Waals surface area contributed by atoms with Crippen LogP contribution in [0.2, 0.25) is 0 Å². The number of amides is 2. The first-order valence-electron chi connectivity index (χ1n) is 7.95. The first-order valence-corrected chi connectivity index (χ1v) is 8.83. The van der Waals surface area contributed by atoms with Gasteiger partial charge in [0.2, 0.25) is 0 Å². The number of thiazole rings is 1. The summed E-state index contributed by atoms with van der Waals surface area (Å²) in [4.78, 5) is 32.2. The van der Waals surface area contributed by atoms with Gasteiger partial charge in [-0.15, -0.1) is 11.3 Å². The van der Waals surface area contributed by atoms with Gasteiger partial charge < -0.3 is 10.1 Å². The number of rotatable bonds is 7. The number of aromatic nitrogens is 4. The van der Waals surface area contributed by atoms with Crippen LogP contribution in [0.25, 0.3) is 0 Å². The van der Waals surface area contributed by atoms with Crippen molar-refractivity contribution in [3.8, 4) is 0 Å². The average Bonchev–Trinajstić information content (AvgIpc) is 3.14. The van der Waals surface area contributed by atoms with Crippen LogP contribution in [-0.2, 0) is 16.0 Å². The highest BCUT2D eigenvalue weighted by molar-refractivity contribution is 7.13. The number of hydrogen-bond donors (Lipinski definition) is 3. The van der Waals surface area contributed by atoms with E-state index in [1.165, 1.54) is 11.3 Å². The number of ether oxygens (including phenoxy) is 1. The average molecular weight is 366 g/mol. The molecule has 2 heterocycles. The molecule has 10 heteroatoms. The number of carbonyl (C=O) groups excluding carboxylic acids is 2. The third-order valence-electron chi connectivity index (χ3n) is 3.25. The molecule has 0 aromatic carbocycles. The van der Waals surface area contributed by atoms with Crippen molar-refractivity contribution in [2.24, 2.45) is 5.92 Å². The zero-order valence-electron chi connectivity index (χ0n) is 14.6. The zero-order valence-corrected chi connectivity index (χ0v) is 15.4. The van der Waals surface area contributed by atoms with Crippen LogP contribution in [0.3, 0.4) is 0 Å². The van der Waals surface area contributed by atoms with Gasteiger partial charge in [-0.3, -0.25) is 15.2 Å². The van der Waals surface area contributed by atoms with E-state index in [4.69, 9.17) is 4.74 Å². The summed E-state index contributed by atoms with van der Waals surface area (Å²) < 4.78 is 4.88. The van der Waals surface area contributed by atoms with Crippen molar-refractivity contribution in [3.05, 3.63) is 22.7 Å². The summed E-state index contributed by atoms with van der Waals surface area (Å²) in [5.74, 6) is 0.983. The van der Waals surface area contributed by atoms with E-state index in [2.05, 4.69) is 30.8 Å². The van der Waals surface area contributed by atoms with Crippen molar-refractivity contribution in [1.82, 2.24) is 25.5 Å². The number of urea groups is 1. The lowest BCUT2D eigenvalue weighted by molar-refractivity contribution is -0.142. The van der Waals surface area contributed by atoms with E-state index >= 15 is 0 Å². The van der Waals surface area contributed by atoms with Crippen LogP contribution in [-0.4, -0.2) is 38.8 Å².